The molecule has 1 aromatic rings. The zero-order valence-corrected chi connectivity index (χ0v) is 15.0. The monoisotopic (exact) mass is 389 g/mol. The third kappa shape index (κ3) is 8.06. The van der Waals surface area contributed by atoms with E-state index in [4.69, 9.17) is 0 Å². The quantitative estimate of drug-likeness (QED) is 0.349. The number of nitrogens with zero attached hydrogens (tertiary/aromatic N) is 2. The summed E-state index contributed by atoms with van der Waals surface area (Å²) in [6.07, 6.45) is -4.23. The third-order valence-electron chi connectivity index (χ3n) is 3.77. The summed E-state index contributed by atoms with van der Waals surface area (Å²) in [5, 5.41) is 24.1. The first-order valence-corrected chi connectivity index (χ1v) is 8.35. The number of rotatable bonds is 11. The molecular weight excluding hydrogens is 367 g/mol. The van der Waals surface area contributed by atoms with Crippen LogP contribution < -0.4 is 5.32 Å². The Morgan fingerprint density at radius 2 is 1.52 bits per heavy atom. The molecule has 0 aliphatic rings. The lowest BCUT2D eigenvalue weighted by Crippen LogP contribution is -2.14. The highest BCUT2D eigenvalue weighted by Gasteiger charge is 2.32. The van der Waals surface area contributed by atoms with E-state index >= 15 is 0 Å². The molecule has 0 heterocycles. The van der Waals surface area contributed by atoms with E-state index in [0.717, 1.165) is 17.7 Å². The summed E-state index contributed by atoms with van der Waals surface area (Å²) in [5.74, 6) is 0. The van der Waals surface area contributed by atoms with Gasteiger partial charge in [-0.1, -0.05) is 12.2 Å². The van der Waals surface area contributed by atoms with Crippen LogP contribution in [0.2, 0.25) is 0 Å². The van der Waals surface area contributed by atoms with Gasteiger partial charge in [-0.2, -0.15) is 13.2 Å². The van der Waals surface area contributed by atoms with Gasteiger partial charge < -0.3 is 5.32 Å². The van der Waals surface area contributed by atoms with Crippen molar-refractivity contribution in [2.24, 2.45) is 0 Å². The number of benzene rings is 1. The maximum atomic E-state index is 13.2. The third-order valence-corrected chi connectivity index (χ3v) is 3.77. The van der Waals surface area contributed by atoms with Crippen molar-refractivity contribution in [3.63, 3.8) is 0 Å². The Kier molecular flexibility index (Phi) is 8.20. The lowest BCUT2D eigenvalue weighted by Gasteiger charge is -2.20. The lowest BCUT2D eigenvalue weighted by molar-refractivity contribution is -0.480. The molecule has 0 saturated carbocycles. The summed E-state index contributed by atoms with van der Waals surface area (Å²) in [4.78, 5) is 20.0. The zero-order valence-electron chi connectivity index (χ0n) is 15.0. The molecule has 0 atom stereocenters. The summed E-state index contributed by atoms with van der Waals surface area (Å²) < 4.78 is 39.7. The van der Waals surface area contributed by atoms with Crippen LogP contribution in [0.15, 0.2) is 24.3 Å². The zero-order chi connectivity index (χ0) is 20.6. The Morgan fingerprint density at radius 1 is 1.07 bits per heavy atom. The number of hydrogen-bond donors (Lipinski definition) is 1. The highest BCUT2D eigenvalue weighted by atomic mass is 19.4. The molecule has 0 aliphatic carbocycles. The Hall–Kier alpha value is -2.65. The summed E-state index contributed by atoms with van der Waals surface area (Å²) in [5.41, 5.74) is 0.948. The predicted octanol–water partition coefficient (Wildman–Crippen LogP) is 4.11. The van der Waals surface area contributed by atoms with Crippen LogP contribution in [0.4, 0.5) is 18.9 Å². The molecule has 0 bridgehead atoms. The van der Waals surface area contributed by atoms with E-state index < -0.39 is 21.6 Å². The number of anilines is 1. The van der Waals surface area contributed by atoms with Crippen molar-refractivity contribution in [1.29, 1.82) is 0 Å². The second kappa shape index (κ2) is 9.89. The number of nitrogens with one attached hydrogen (secondary N) is 1. The average molecular weight is 389 g/mol. The standard InChI is InChI=1S/C17H22F3N3O4/c1-12(2)11-21-16-13(5-3-7-22(24)25)9-15(17(18,19)20)10-14(16)6-4-8-23(26)27/h9-10,21H,1,3-8,11H2,2H3. The Bertz CT molecular complexity index is 664. The predicted molar refractivity (Wildman–Crippen MR) is 95.1 cm³/mol. The minimum atomic E-state index is -4.58. The molecule has 150 valence electrons. The smallest absolute Gasteiger partial charge is 0.381 e. The van der Waals surface area contributed by atoms with Crippen molar-refractivity contribution in [2.45, 2.75) is 38.8 Å². The summed E-state index contributed by atoms with van der Waals surface area (Å²) >= 11 is 0. The van der Waals surface area contributed by atoms with E-state index in [1.807, 2.05) is 0 Å². The molecule has 1 rings (SSSR count). The normalized spacial score (nSPS) is 11.3. The molecular formula is C17H22F3N3O4. The van der Waals surface area contributed by atoms with Gasteiger partial charge in [0.15, 0.2) is 0 Å². The highest BCUT2D eigenvalue weighted by molar-refractivity contribution is 5.60. The van der Waals surface area contributed by atoms with Gasteiger partial charge in [0, 0.05) is 34.9 Å². The second-order valence-electron chi connectivity index (χ2n) is 6.30. The molecule has 1 aromatic carbocycles. The van der Waals surface area contributed by atoms with E-state index in [1.165, 1.54) is 0 Å². The molecule has 7 nitrogen and oxygen atoms in total. The molecule has 0 fully saturated rings. The van der Waals surface area contributed by atoms with Gasteiger partial charge in [0.2, 0.25) is 13.1 Å². The van der Waals surface area contributed by atoms with Gasteiger partial charge in [0.25, 0.3) is 0 Å². The fraction of sp³-hybridized carbons (Fsp3) is 0.529. The van der Waals surface area contributed by atoms with Gasteiger partial charge in [0.1, 0.15) is 0 Å². The van der Waals surface area contributed by atoms with Crippen LogP contribution in [-0.4, -0.2) is 29.5 Å². The summed E-state index contributed by atoms with van der Waals surface area (Å²) in [6.45, 7) is 5.09. The Labute approximate surface area is 154 Å². The van der Waals surface area contributed by atoms with Crippen LogP contribution >= 0.6 is 0 Å². The van der Waals surface area contributed by atoms with Crippen LogP contribution in [0.3, 0.4) is 0 Å². The minimum Gasteiger partial charge on any atom is -0.381 e. The first-order valence-electron chi connectivity index (χ1n) is 8.35. The molecule has 0 aliphatic heterocycles. The van der Waals surface area contributed by atoms with Gasteiger partial charge in [-0.05, 0) is 43.0 Å². The van der Waals surface area contributed by atoms with Gasteiger partial charge in [0.05, 0.1) is 5.56 Å². The second-order valence-corrected chi connectivity index (χ2v) is 6.30. The molecule has 0 radical (unpaired) electrons. The van der Waals surface area contributed by atoms with Crippen LogP contribution in [0.25, 0.3) is 0 Å². The van der Waals surface area contributed by atoms with Crippen LogP contribution in [0.1, 0.15) is 36.5 Å². The van der Waals surface area contributed by atoms with Gasteiger partial charge in [-0.25, -0.2) is 0 Å². The molecule has 27 heavy (non-hydrogen) atoms. The topological polar surface area (TPSA) is 98.3 Å². The van der Waals surface area contributed by atoms with Crippen molar-refractivity contribution in [3.05, 3.63) is 61.2 Å². The van der Waals surface area contributed by atoms with Gasteiger partial charge in [-0.3, -0.25) is 20.2 Å². The molecule has 0 unspecified atom stereocenters. The van der Waals surface area contributed by atoms with Gasteiger partial charge >= 0.3 is 6.18 Å². The molecule has 1 N–H and O–H groups in total. The number of alkyl halides is 3. The fourth-order valence-electron chi connectivity index (χ4n) is 2.59. The fourth-order valence-corrected chi connectivity index (χ4v) is 2.59. The lowest BCUT2D eigenvalue weighted by atomic mass is 9.96. The highest BCUT2D eigenvalue weighted by Crippen LogP contribution is 2.35. The summed E-state index contributed by atoms with van der Waals surface area (Å²) in [6, 6.07) is 1.97. The maximum Gasteiger partial charge on any atom is 0.416 e. The van der Waals surface area contributed by atoms with E-state index in [-0.39, 0.29) is 38.8 Å². The number of halogens is 3. The van der Waals surface area contributed by atoms with Crippen LogP contribution in [-0.2, 0) is 19.0 Å². The number of hydrogen-bond acceptors (Lipinski definition) is 5. The van der Waals surface area contributed by atoms with Crippen molar-refractivity contribution in [1.82, 2.24) is 0 Å². The first kappa shape index (κ1) is 22.4. The minimum absolute atomic E-state index is 0.0877. The Balaban J connectivity index is 3.27. The van der Waals surface area contributed by atoms with Crippen molar-refractivity contribution in [2.75, 3.05) is 25.0 Å². The van der Waals surface area contributed by atoms with Crippen LogP contribution in [0, 0.1) is 20.2 Å². The van der Waals surface area contributed by atoms with E-state index in [0.29, 0.717) is 23.4 Å². The van der Waals surface area contributed by atoms with E-state index in [9.17, 15) is 33.4 Å². The summed E-state index contributed by atoms with van der Waals surface area (Å²) in [7, 11) is 0. The van der Waals surface area contributed by atoms with Crippen molar-refractivity contribution in [3.8, 4) is 0 Å². The van der Waals surface area contributed by atoms with Gasteiger partial charge in [-0.15, -0.1) is 0 Å². The van der Waals surface area contributed by atoms with E-state index in [2.05, 4.69) is 11.9 Å². The maximum absolute atomic E-state index is 13.2. The van der Waals surface area contributed by atoms with Crippen molar-refractivity contribution >= 4 is 5.69 Å². The number of nitro groups is 2. The molecule has 10 heteroatoms. The molecule has 0 amide bonds. The number of aryl methyl sites for hydroxylation is 2. The van der Waals surface area contributed by atoms with Crippen molar-refractivity contribution < 1.29 is 23.0 Å². The molecule has 0 spiro atoms. The van der Waals surface area contributed by atoms with E-state index in [1.54, 1.807) is 6.92 Å². The average Bonchev–Trinajstić information content (AvgIpc) is 2.51. The largest absolute Gasteiger partial charge is 0.416 e. The van der Waals surface area contributed by atoms with Crippen LogP contribution in [0.5, 0.6) is 0 Å². The first-order chi connectivity index (χ1) is 12.5. The molecule has 0 aromatic heterocycles. The molecule has 0 saturated heterocycles. The Morgan fingerprint density at radius 3 is 1.85 bits per heavy atom. The SMILES string of the molecule is C=C(C)CNc1c(CCC[N+](=O)[O-])cc(C(F)(F)F)cc1CCC[N+](=O)[O-].